The molecule has 0 aliphatic heterocycles. The summed E-state index contributed by atoms with van der Waals surface area (Å²) in [5.41, 5.74) is 1.80. The van der Waals surface area contributed by atoms with E-state index in [0.29, 0.717) is 30.1 Å². The van der Waals surface area contributed by atoms with Crippen LogP contribution in [0.3, 0.4) is 0 Å². The fraction of sp³-hybridized carbons (Fsp3) is 0.467. The molecule has 0 saturated heterocycles. The zero-order chi connectivity index (χ0) is 14.4. The predicted octanol–water partition coefficient (Wildman–Crippen LogP) is 2.05. The molecule has 104 valence electrons. The van der Waals surface area contributed by atoms with Gasteiger partial charge in [-0.1, -0.05) is 5.92 Å². The van der Waals surface area contributed by atoms with Gasteiger partial charge in [-0.05, 0) is 31.2 Å². The Morgan fingerprint density at radius 1 is 1.40 bits per heavy atom. The molecule has 1 heterocycles. The number of nitrogens with one attached hydrogen (secondary N) is 2. The van der Waals surface area contributed by atoms with E-state index >= 15 is 0 Å². The van der Waals surface area contributed by atoms with E-state index in [9.17, 15) is 10.1 Å². The first kappa shape index (κ1) is 14.6. The topological polar surface area (TPSA) is 64.9 Å². The maximum Gasteiger partial charge on any atom is 0.226 e. The Morgan fingerprint density at radius 3 is 2.95 bits per heavy atom. The summed E-state index contributed by atoms with van der Waals surface area (Å²) in [6.45, 7) is 1.01. The van der Waals surface area contributed by atoms with Gasteiger partial charge in [-0.15, -0.1) is 17.8 Å². The van der Waals surface area contributed by atoms with Crippen molar-refractivity contribution >= 4 is 22.2 Å². The number of aryl methyl sites for hydroxylation is 1. The Hall–Kier alpha value is -1.82. The van der Waals surface area contributed by atoms with Crippen LogP contribution < -0.4 is 10.6 Å². The van der Waals surface area contributed by atoms with E-state index in [1.165, 1.54) is 11.3 Å². The number of terminal acetylenes is 1. The smallest absolute Gasteiger partial charge is 0.226 e. The highest BCUT2D eigenvalue weighted by molar-refractivity contribution is 7.16. The fourth-order valence-electron chi connectivity index (χ4n) is 2.32. The lowest BCUT2D eigenvalue weighted by molar-refractivity contribution is -0.116. The number of nitriles is 1. The van der Waals surface area contributed by atoms with E-state index in [1.54, 1.807) is 11.3 Å². The molecule has 2 N–H and O–H groups in total. The first-order chi connectivity index (χ1) is 9.76. The Morgan fingerprint density at radius 2 is 2.20 bits per heavy atom. The number of hydrogen-bond acceptors (Lipinski definition) is 4. The Balaban J connectivity index is 1.99. The third kappa shape index (κ3) is 3.39. The maximum atomic E-state index is 11.9. The first-order valence-corrected chi connectivity index (χ1v) is 7.56. The van der Waals surface area contributed by atoms with Gasteiger partial charge in [-0.3, -0.25) is 4.79 Å². The van der Waals surface area contributed by atoms with E-state index in [1.807, 2.05) is 0 Å². The second kappa shape index (κ2) is 7.09. The molecule has 20 heavy (non-hydrogen) atoms. The minimum absolute atomic E-state index is 0.0791. The van der Waals surface area contributed by atoms with Crippen LogP contribution in [0, 0.1) is 23.7 Å². The predicted molar refractivity (Wildman–Crippen MR) is 80.6 cm³/mol. The summed E-state index contributed by atoms with van der Waals surface area (Å²) < 4.78 is 0. The number of carbonyl (C=O) groups is 1. The summed E-state index contributed by atoms with van der Waals surface area (Å²) in [5.74, 6) is 2.38. The summed E-state index contributed by atoms with van der Waals surface area (Å²) in [7, 11) is 0. The number of fused-ring (bicyclic) bond motifs is 1. The first-order valence-electron chi connectivity index (χ1n) is 6.75. The zero-order valence-corrected chi connectivity index (χ0v) is 12.1. The highest BCUT2D eigenvalue weighted by Gasteiger charge is 2.21. The molecule has 0 spiro atoms. The lowest BCUT2D eigenvalue weighted by Gasteiger charge is -2.09. The largest absolute Gasteiger partial charge is 0.317 e. The molecule has 0 bridgehead atoms. The molecule has 2 rings (SSSR count). The van der Waals surface area contributed by atoms with Crippen molar-refractivity contribution in [1.29, 1.82) is 5.26 Å². The third-order valence-corrected chi connectivity index (χ3v) is 4.50. The number of rotatable bonds is 5. The number of carbonyl (C=O) groups excluding carboxylic acids is 1. The lowest BCUT2D eigenvalue weighted by atomic mass is 9.96. The summed E-state index contributed by atoms with van der Waals surface area (Å²) in [6.07, 6.45) is 9.74. The molecule has 0 radical (unpaired) electrons. The van der Waals surface area contributed by atoms with Crippen LogP contribution in [0.2, 0.25) is 0 Å². The average molecular weight is 287 g/mol. The normalized spacial score (nSPS) is 13.1. The molecular weight excluding hydrogens is 270 g/mol. The second-order valence-electron chi connectivity index (χ2n) is 4.71. The summed E-state index contributed by atoms with van der Waals surface area (Å²) in [4.78, 5) is 13.1. The van der Waals surface area contributed by atoms with E-state index < -0.39 is 0 Å². The van der Waals surface area contributed by atoms with Crippen molar-refractivity contribution in [2.24, 2.45) is 0 Å². The molecule has 1 amide bonds. The van der Waals surface area contributed by atoms with Crippen LogP contribution >= 0.6 is 11.3 Å². The van der Waals surface area contributed by atoms with Crippen LogP contribution in [0.1, 0.15) is 35.3 Å². The van der Waals surface area contributed by atoms with Gasteiger partial charge >= 0.3 is 0 Å². The Bertz CT molecular complexity index is 577. The van der Waals surface area contributed by atoms with Crippen LogP contribution in [0.15, 0.2) is 0 Å². The van der Waals surface area contributed by atoms with Crippen molar-refractivity contribution in [3.63, 3.8) is 0 Å². The molecule has 1 aromatic heterocycles. The van der Waals surface area contributed by atoms with Gasteiger partial charge in [0.05, 0.1) is 12.1 Å². The number of thiophene rings is 1. The molecule has 1 aliphatic carbocycles. The molecule has 5 heteroatoms. The van der Waals surface area contributed by atoms with E-state index in [2.05, 4.69) is 22.6 Å². The molecular formula is C15H17N3OS. The van der Waals surface area contributed by atoms with E-state index in [0.717, 1.165) is 24.8 Å². The van der Waals surface area contributed by atoms with E-state index in [-0.39, 0.29) is 5.91 Å². The van der Waals surface area contributed by atoms with Crippen LogP contribution in [0.5, 0.6) is 0 Å². The zero-order valence-electron chi connectivity index (χ0n) is 11.3. The molecule has 1 aromatic rings. The van der Waals surface area contributed by atoms with Crippen LogP contribution in [0.25, 0.3) is 0 Å². The van der Waals surface area contributed by atoms with E-state index in [4.69, 9.17) is 6.42 Å². The lowest BCUT2D eigenvalue weighted by Crippen LogP contribution is -2.21. The quantitative estimate of drug-likeness (QED) is 0.643. The van der Waals surface area contributed by atoms with Gasteiger partial charge in [0.15, 0.2) is 0 Å². The third-order valence-electron chi connectivity index (χ3n) is 3.29. The van der Waals surface area contributed by atoms with Gasteiger partial charge in [-0.2, -0.15) is 5.26 Å². The molecule has 0 unspecified atom stereocenters. The van der Waals surface area contributed by atoms with Gasteiger partial charge in [0.25, 0.3) is 0 Å². The number of amides is 1. The SMILES string of the molecule is C#CCNCCC(=O)Nc1sc2c(c1C#N)CCCC2. The minimum atomic E-state index is -0.0791. The number of anilines is 1. The highest BCUT2D eigenvalue weighted by atomic mass is 32.1. The summed E-state index contributed by atoms with van der Waals surface area (Å²) >= 11 is 1.55. The standard InChI is InChI=1S/C15H17N3OS/c1-2-8-17-9-7-14(19)18-15-12(10-16)11-5-3-4-6-13(11)20-15/h1,17H,3-9H2,(H,18,19). The van der Waals surface area contributed by atoms with Crippen LogP contribution in [-0.2, 0) is 17.6 Å². The van der Waals surface area contributed by atoms with Crippen LogP contribution in [-0.4, -0.2) is 19.0 Å². The Labute approximate surface area is 123 Å². The maximum absolute atomic E-state index is 11.9. The molecule has 0 atom stereocenters. The highest BCUT2D eigenvalue weighted by Crippen LogP contribution is 2.37. The van der Waals surface area contributed by atoms with Gasteiger partial charge in [0.2, 0.25) is 5.91 Å². The molecule has 1 aliphatic rings. The molecule has 0 aromatic carbocycles. The molecule has 4 nitrogen and oxygen atoms in total. The van der Waals surface area contributed by atoms with Gasteiger partial charge in [0, 0.05) is 17.8 Å². The van der Waals surface area contributed by atoms with Crippen molar-refractivity contribution in [3.05, 3.63) is 16.0 Å². The average Bonchev–Trinajstić information content (AvgIpc) is 2.80. The van der Waals surface area contributed by atoms with Crippen molar-refractivity contribution in [2.45, 2.75) is 32.1 Å². The van der Waals surface area contributed by atoms with Crippen molar-refractivity contribution in [2.75, 3.05) is 18.4 Å². The van der Waals surface area contributed by atoms with Gasteiger partial charge in [-0.25, -0.2) is 0 Å². The van der Waals surface area contributed by atoms with Gasteiger partial charge in [0.1, 0.15) is 11.1 Å². The Kier molecular flexibility index (Phi) is 5.17. The van der Waals surface area contributed by atoms with Crippen LogP contribution in [0.4, 0.5) is 5.00 Å². The monoisotopic (exact) mass is 287 g/mol. The fourth-order valence-corrected chi connectivity index (χ4v) is 3.58. The van der Waals surface area contributed by atoms with Crippen molar-refractivity contribution < 1.29 is 4.79 Å². The summed E-state index contributed by atoms with van der Waals surface area (Å²) in [6, 6.07) is 2.24. The number of nitrogens with zero attached hydrogens (tertiary/aromatic N) is 1. The number of hydrogen-bond donors (Lipinski definition) is 2. The molecule has 0 saturated carbocycles. The molecule has 0 fully saturated rings. The van der Waals surface area contributed by atoms with Gasteiger partial charge < -0.3 is 10.6 Å². The minimum Gasteiger partial charge on any atom is -0.317 e. The van der Waals surface area contributed by atoms with Crippen molar-refractivity contribution in [3.8, 4) is 18.4 Å². The second-order valence-corrected chi connectivity index (χ2v) is 5.81. The van der Waals surface area contributed by atoms with Crippen molar-refractivity contribution in [1.82, 2.24) is 5.32 Å². The summed E-state index contributed by atoms with van der Waals surface area (Å²) in [5, 5.41) is 15.8.